The molecule has 2 rings (SSSR count). The summed E-state index contributed by atoms with van der Waals surface area (Å²) >= 11 is 0. The van der Waals surface area contributed by atoms with Gasteiger partial charge in [-0.2, -0.15) is 0 Å². The van der Waals surface area contributed by atoms with Gasteiger partial charge >= 0.3 is 0 Å². The molecule has 0 radical (unpaired) electrons. The maximum absolute atomic E-state index is 11.8. The number of nitrogen functional groups attached to an aromatic ring is 1. The zero-order chi connectivity index (χ0) is 16.1. The summed E-state index contributed by atoms with van der Waals surface area (Å²) in [6, 6.07) is 7.75. The maximum Gasteiger partial charge on any atom is 0.0911 e. The lowest BCUT2D eigenvalue weighted by atomic mass is 10.2. The van der Waals surface area contributed by atoms with E-state index in [4.69, 9.17) is 5.73 Å². The second-order valence-corrected chi connectivity index (χ2v) is 8.01. The maximum atomic E-state index is 11.8. The molecule has 1 fully saturated rings. The van der Waals surface area contributed by atoms with Crippen LogP contribution in [0.3, 0.4) is 0 Å². The Hall–Kier alpha value is -0.960. The molecule has 2 unspecified atom stereocenters. The third-order valence-corrected chi connectivity index (χ3v) is 6.01. The van der Waals surface area contributed by atoms with E-state index in [0.717, 1.165) is 37.6 Å². The molecule has 22 heavy (non-hydrogen) atoms. The predicted octanol–water partition coefficient (Wildman–Crippen LogP) is 0.280. The fraction of sp³-hybridized carbons (Fsp3) is 0.571. The topological polar surface area (TPSA) is 69.9 Å². The molecule has 0 bridgehead atoms. The minimum absolute atomic E-state index is 0.665. The first kappa shape index (κ1) is 17.4. The highest BCUT2D eigenvalue weighted by molar-refractivity contribution is 7.82. The van der Waals surface area contributed by atoms with Gasteiger partial charge in [-0.15, -0.1) is 0 Å². The molecular formula is C14H24N4O2S2. The van der Waals surface area contributed by atoms with Crippen molar-refractivity contribution in [2.45, 2.75) is 0 Å². The molecule has 1 aliphatic rings. The second kappa shape index (κ2) is 8.05. The molecule has 1 aromatic rings. The van der Waals surface area contributed by atoms with E-state index in [2.05, 4.69) is 4.90 Å². The summed E-state index contributed by atoms with van der Waals surface area (Å²) in [5.41, 5.74) is 7.57. The number of hydrogen-bond acceptors (Lipinski definition) is 4. The van der Waals surface area contributed by atoms with Crippen LogP contribution in [0.1, 0.15) is 0 Å². The van der Waals surface area contributed by atoms with E-state index in [1.54, 1.807) is 12.5 Å². The number of rotatable bonds is 3. The normalized spacial score (nSPS) is 21.6. The second-order valence-electron chi connectivity index (χ2n) is 5.28. The molecule has 0 aromatic heterocycles. The summed E-state index contributed by atoms with van der Waals surface area (Å²) < 4.78 is 27.5. The Balaban J connectivity index is 2.17. The Morgan fingerprint density at radius 1 is 0.818 bits per heavy atom. The van der Waals surface area contributed by atoms with Crippen molar-refractivity contribution in [3.05, 3.63) is 24.3 Å². The van der Waals surface area contributed by atoms with Crippen LogP contribution in [0.5, 0.6) is 0 Å². The van der Waals surface area contributed by atoms with Crippen LogP contribution >= 0.6 is 0 Å². The number of nitrogens with zero attached hydrogens (tertiary/aromatic N) is 3. The lowest BCUT2D eigenvalue weighted by molar-refractivity contribution is 0.396. The first-order valence-electron chi connectivity index (χ1n) is 7.25. The van der Waals surface area contributed by atoms with E-state index in [1.165, 1.54) is 0 Å². The predicted molar refractivity (Wildman–Crippen MR) is 94.3 cm³/mol. The molecule has 0 saturated carbocycles. The number of hydrogen-bond donors (Lipinski definition) is 1. The molecule has 2 N–H and O–H groups in total. The quantitative estimate of drug-likeness (QED) is 0.800. The molecule has 1 saturated heterocycles. The zero-order valence-electron chi connectivity index (χ0n) is 13.1. The lowest BCUT2D eigenvalue weighted by Crippen LogP contribution is -2.37. The standard InChI is InChI=1S/C14H24N4O2S2/c1-21(19)17-9-7-16(14-5-3-13(15)4-6-14)8-10-18(12-11-17)22(2)20/h3-6H,7-12,15H2,1-2H3. The zero-order valence-corrected chi connectivity index (χ0v) is 14.7. The van der Waals surface area contributed by atoms with Gasteiger partial charge < -0.3 is 10.6 Å². The van der Waals surface area contributed by atoms with Crippen molar-refractivity contribution in [3.63, 3.8) is 0 Å². The van der Waals surface area contributed by atoms with Crippen molar-refractivity contribution in [2.24, 2.45) is 0 Å². The Morgan fingerprint density at radius 3 is 1.64 bits per heavy atom. The van der Waals surface area contributed by atoms with Crippen molar-refractivity contribution in [1.29, 1.82) is 0 Å². The average Bonchev–Trinajstić information content (AvgIpc) is 2.58. The molecular weight excluding hydrogens is 320 g/mol. The van der Waals surface area contributed by atoms with E-state index in [0.29, 0.717) is 13.1 Å². The van der Waals surface area contributed by atoms with Gasteiger partial charge in [0.25, 0.3) is 0 Å². The Morgan fingerprint density at radius 2 is 1.23 bits per heavy atom. The molecule has 8 heteroatoms. The summed E-state index contributed by atoms with van der Waals surface area (Å²) in [7, 11) is -2.04. The van der Waals surface area contributed by atoms with Crippen LogP contribution in [-0.2, 0) is 22.0 Å². The van der Waals surface area contributed by atoms with Gasteiger partial charge in [0.15, 0.2) is 0 Å². The van der Waals surface area contributed by atoms with E-state index < -0.39 is 22.0 Å². The van der Waals surface area contributed by atoms with Crippen LogP contribution in [0.2, 0.25) is 0 Å². The molecule has 0 amide bonds. The summed E-state index contributed by atoms with van der Waals surface area (Å²) in [5.74, 6) is 0. The smallest absolute Gasteiger partial charge is 0.0911 e. The molecule has 0 spiro atoms. The monoisotopic (exact) mass is 344 g/mol. The summed E-state index contributed by atoms with van der Waals surface area (Å²) in [4.78, 5) is 2.23. The van der Waals surface area contributed by atoms with Gasteiger partial charge in [0.1, 0.15) is 0 Å². The minimum atomic E-state index is -1.02. The number of nitrogens with two attached hydrogens (primary N) is 1. The van der Waals surface area contributed by atoms with Crippen molar-refractivity contribution in [1.82, 2.24) is 8.61 Å². The van der Waals surface area contributed by atoms with E-state index in [1.807, 2.05) is 32.9 Å². The Labute approximate surface area is 137 Å². The van der Waals surface area contributed by atoms with Gasteiger partial charge in [-0.3, -0.25) is 0 Å². The van der Waals surface area contributed by atoms with Gasteiger partial charge in [0, 0.05) is 63.2 Å². The van der Waals surface area contributed by atoms with Gasteiger partial charge in [0.05, 0.1) is 22.0 Å². The van der Waals surface area contributed by atoms with E-state index in [9.17, 15) is 8.42 Å². The fourth-order valence-corrected chi connectivity index (χ4v) is 3.84. The third-order valence-electron chi connectivity index (χ3n) is 3.82. The molecule has 1 aromatic carbocycles. The van der Waals surface area contributed by atoms with Crippen molar-refractivity contribution < 1.29 is 8.42 Å². The van der Waals surface area contributed by atoms with E-state index >= 15 is 0 Å². The van der Waals surface area contributed by atoms with Crippen molar-refractivity contribution >= 4 is 33.3 Å². The first-order valence-corrected chi connectivity index (χ1v) is 10.3. The largest absolute Gasteiger partial charge is 0.399 e. The Kier molecular flexibility index (Phi) is 6.37. The third kappa shape index (κ3) is 4.77. The van der Waals surface area contributed by atoms with Crippen LogP contribution in [-0.4, -0.2) is 68.8 Å². The first-order chi connectivity index (χ1) is 10.5. The average molecular weight is 345 g/mol. The van der Waals surface area contributed by atoms with Crippen LogP contribution in [0.15, 0.2) is 24.3 Å². The van der Waals surface area contributed by atoms with Gasteiger partial charge in [-0.25, -0.2) is 17.0 Å². The molecule has 0 aliphatic carbocycles. The fourth-order valence-electron chi connectivity index (χ4n) is 2.48. The van der Waals surface area contributed by atoms with Crippen LogP contribution < -0.4 is 10.6 Å². The lowest BCUT2D eigenvalue weighted by Gasteiger charge is -2.27. The van der Waals surface area contributed by atoms with Gasteiger partial charge in [-0.05, 0) is 24.3 Å². The number of benzene rings is 1. The minimum Gasteiger partial charge on any atom is -0.399 e. The summed E-state index contributed by atoms with van der Waals surface area (Å²) in [6.45, 7) is 4.34. The molecule has 2 atom stereocenters. The SMILES string of the molecule is CS(=O)N1CCN(c2ccc(N)cc2)CCN(S(C)=O)CC1. The highest BCUT2D eigenvalue weighted by atomic mass is 32.2. The molecule has 1 heterocycles. The van der Waals surface area contributed by atoms with Crippen LogP contribution in [0, 0.1) is 0 Å². The van der Waals surface area contributed by atoms with E-state index in [-0.39, 0.29) is 0 Å². The Bertz CT molecular complexity index is 512. The number of anilines is 2. The van der Waals surface area contributed by atoms with Gasteiger partial charge in [-0.1, -0.05) is 0 Å². The van der Waals surface area contributed by atoms with Crippen molar-refractivity contribution in [2.75, 3.05) is 62.4 Å². The molecule has 6 nitrogen and oxygen atoms in total. The molecule has 1 aliphatic heterocycles. The molecule has 124 valence electrons. The highest BCUT2D eigenvalue weighted by Gasteiger charge is 2.19. The van der Waals surface area contributed by atoms with Crippen LogP contribution in [0.25, 0.3) is 0 Å². The summed E-state index contributed by atoms with van der Waals surface area (Å²) in [6.07, 6.45) is 3.39. The van der Waals surface area contributed by atoms with Gasteiger partial charge in [0.2, 0.25) is 0 Å². The highest BCUT2D eigenvalue weighted by Crippen LogP contribution is 2.17. The van der Waals surface area contributed by atoms with Crippen molar-refractivity contribution in [3.8, 4) is 0 Å². The summed E-state index contributed by atoms with van der Waals surface area (Å²) in [5, 5.41) is 0. The van der Waals surface area contributed by atoms with Crippen LogP contribution in [0.4, 0.5) is 11.4 Å².